The molecule has 1 aliphatic heterocycles. The van der Waals surface area contributed by atoms with Crippen LogP contribution in [0.3, 0.4) is 0 Å². The molecule has 17 heavy (non-hydrogen) atoms. The summed E-state index contributed by atoms with van der Waals surface area (Å²) in [6.07, 6.45) is 2.85. The predicted octanol–water partition coefficient (Wildman–Crippen LogP) is 3.03. The SMILES string of the molecule is COc1ccc(Cl)c(CC2CCNCC2)c1F. The molecule has 0 unspecified atom stereocenters. The summed E-state index contributed by atoms with van der Waals surface area (Å²) in [7, 11) is 1.47. The van der Waals surface area contributed by atoms with Crippen LogP contribution in [0.2, 0.25) is 5.02 Å². The maximum absolute atomic E-state index is 14.1. The third-order valence-corrected chi connectivity index (χ3v) is 3.68. The Morgan fingerprint density at radius 2 is 2.12 bits per heavy atom. The van der Waals surface area contributed by atoms with Crippen molar-refractivity contribution in [3.63, 3.8) is 0 Å². The lowest BCUT2D eigenvalue weighted by atomic mass is 9.90. The fourth-order valence-electron chi connectivity index (χ4n) is 2.30. The van der Waals surface area contributed by atoms with Crippen molar-refractivity contribution in [2.45, 2.75) is 19.3 Å². The van der Waals surface area contributed by atoms with Crippen LogP contribution in [0.25, 0.3) is 0 Å². The Balaban J connectivity index is 2.18. The van der Waals surface area contributed by atoms with Crippen LogP contribution in [0.4, 0.5) is 4.39 Å². The van der Waals surface area contributed by atoms with E-state index in [-0.39, 0.29) is 11.6 Å². The van der Waals surface area contributed by atoms with Gasteiger partial charge >= 0.3 is 0 Å². The van der Waals surface area contributed by atoms with Crippen molar-refractivity contribution >= 4 is 11.6 Å². The summed E-state index contributed by atoms with van der Waals surface area (Å²) >= 11 is 6.07. The normalized spacial score (nSPS) is 17.1. The maximum atomic E-state index is 14.1. The molecule has 0 aliphatic carbocycles. The van der Waals surface area contributed by atoms with Gasteiger partial charge in [-0.15, -0.1) is 0 Å². The van der Waals surface area contributed by atoms with Gasteiger partial charge in [0.25, 0.3) is 0 Å². The summed E-state index contributed by atoms with van der Waals surface area (Å²) in [6, 6.07) is 3.28. The van der Waals surface area contributed by atoms with E-state index in [1.165, 1.54) is 7.11 Å². The molecule has 0 aromatic heterocycles. The van der Waals surface area contributed by atoms with E-state index < -0.39 is 0 Å². The van der Waals surface area contributed by atoms with E-state index in [1.807, 2.05) is 0 Å². The molecule has 1 aromatic carbocycles. The Hall–Kier alpha value is -0.800. The average Bonchev–Trinajstić information content (AvgIpc) is 2.36. The minimum atomic E-state index is -0.307. The third-order valence-electron chi connectivity index (χ3n) is 3.32. The molecule has 0 radical (unpaired) electrons. The molecule has 4 heteroatoms. The second-order valence-corrected chi connectivity index (χ2v) is 4.85. The number of benzene rings is 1. The summed E-state index contributed by atoms with van der Waals surface area (Å²) in [5.41, 5.74) is 0.595. The Labute approximate surface area is 106 Å². The summed E-state index contributed by atoms with van der Waals surface area (Å²) in [4.78, 5) is 0. The molecule has 0 atom stereocenters. The van der Waals surface area contributed by atoms with Crippen LogP contribution in [0.5, 0.6) is 5.75 Å². The van der Waals surface area contributed by atoms with Crippen molar-refractivity contribution in [3.05, 3.63) is 28.5 Å². The van der Waals surface area contributed by atoms with Crippen molar-refractivity contribution < 1.29 is 9.13 Å². The van der Waals surface area contributed by atoms with Crippen molar-refractivity contribution in [2.75, 3.05) is 20.2 Å². The first kappa shape index (κ1) is 12.7. The van der Waals surface area contributed by atoms with Gasteiger partial charge in [0.15, 0.2) is 11.6 Å². The molecule has 0 bridgehead atoms. The maximum Gasteiger partial charge on any atom is 0.169 e. The van der Waals surface area contributed by atoms with Gasteiger partial charge < -0.3 is 10.1 Å². The zero-order chi connectivity index (χ0) is 12.3. The molecule has 0 saturated carbocycles. The quantitative estimate of drug-likeness (QED) is 0.899. The first-order chi connectivity index (χ1) is 8.22. The van der Waals surface area contributed by atoms with E-state index in [0.717, 1.165) is 25.9 Å². The summed E-state index contributed by atoms with van der Waals surface area (Å²) in [5.74, 6) is 0.479. The standard InChI is InChI=1S/C13H17ClFNO/c1-17-12-3-2-11(14)10(13(12)15)8-9-4-6-16-7-5-9/h2-3,9,16H,4-8H2,1H3. The highest BCUT2D eigenvalue weighted by molar-refractivity contribution is 6.31. The second kappa shape index (κ2) is 5.69. The van der Waals surface area contributed by atoms with E-state index in [4.69, 9.17) is 16.3 Å². The number of rotatable bonds is 3. The molecule has 0 amide bonds. The summed E-state index contributed by atoms with van der Waals surface area (Å²) in [6.45, 7) is 2.02. The van der Waals surface area contributed by atoms with Crippen LogP contribution in [0.1, 0.15) is 18.4 Å². The van der Waals surface area contributed by atoms with Gasteiger partial charge in [-0.2, -0.15) is 0 Å². The molecule has 94 valence electrons. The smallest absolute Gasteiger partial charge is 0.169 e. The van der Waals surface area contributed by atoms with Gasteiger partial charge in [-0.25, -0.2) is 4.39 Å². The highest BCUT2D eigenvalue weighted by Gasteiger charge is 2.19. The Kier molecular flexibility index (Phi) is 4.24. The third kappa shape index (κ3) is 2.90. The van der Waals surface area contributed by atoms with Gasteiger partial charge in [0.1, 0.15) is 0 Å². The molecule has 1 N–H and O–H groups in total. The van der Waals surface area contributed by atoms with Crippen molar-refractivity contribution in [1.82, 2.24) is 5.32 Å². The minimum Gasteiger partial charge on any atom is -0.494 e. The summed E-state index contributed by atoms with van der Waals surface area (Å²) in [5, 5.41) is 3.80. The van der Waals surface area contributed by atoms with E-state index in [9.17, 15) is 4.39 Å². The summed E-state index contributed by atoms with van der Waals surface area (Å²) < 4.78 is 19.0. The van der Waals surface area contributed by atoms with Crippen LogP contribution in [-0.2, 0) is 6.42 Å². The van der Waals surface area contributed by atoms with Crippen LogP contribution in [0.15, 0.2) is 12.1 Å². The molecule has 1 heterocycles. The lowest BCUT2D eigenvalue weighted by Gasteiger charge is -2.23. The Bertz CT molecular complexity index is 391. The van der Waals surface area contributed by atoms with Crippen molar-refractivity contribution in [1.29, 1.82) is 0 Å². The first-order valence-electron chi connectivity index (χ1n) is 5.94. The zero-order valence-electron chi connectivity index (χ0n) is 9.93. The highest BCUT2D eigenvalue weighted by atomic mass is 35.5. The molecule has 2 nitrogen and oxygen atoms in total. The molecular weight excluding hydrogens is 241 g/mol. The lowest BCUT2D eigenvalue weighted by molar-refractivity contribution is 0.359. The second-order valence-electron chi connectivity index (χ2n) is 4.44. The minimum absolute atomic E-state index is 0.276. The van der Waals surface area contributed by atoms with Crippen molar-refractivity contribution in [2.24, 2.45) is 5.92 Å². The van der Waals surface area contributed by atoms with Gasteiger partial charge in [0.2, 0.25) is 0 Å². The van der Waals surface area contributed by atoms with Gasteiger partial charge in [-0.1, -0.05) is 11.6 Å². The largest absolute Gasteiger partial charge is 0.494 e. The molecular formula is C13H17ClFNO. The van der Waals surface area contributed by atoms with Crippen molar-refractivity contribution in [3.8, 4) is 5.75 Å². The topological polar surface area (TPSA) is 21.3 Å². The number of halogens is 2. The number of methoxy groups -OCH3 is 1. The molecule has 1 aliphatic rings. The zero-order valence-corrected chi connectivity index (χ0v) is 10.7. The van der Waals surface area contributed by atoms with Gasteiger partial charge in [0, 0.05) is 10.6 Å². The Morgan fingerprint density at radius 3 is 2.76 bits per heavy atom. The van der Waals surface area contributed by atoms with E-state index in [0.29, 0.717) is 22.9 Å². The van der Waals surface area contributed by atoms with Crippen LogP contribution in [-0.4, -0.2) is 20.2 Å². The van der Waals surface area contributed by atoms with Crippen LogP contribution >= 0.6 is 11.6 Å². The van der Waals surface area contributed by atoms with Gasteiger partial charge in [0.05, 0.1) is 7.11 Å². The van der Waals surface area contributed by atoms with Crippen LogP contribution < -0.4 is 10.1 Å². The number of hydrogen-bond donors (Lipinski definition) is 1. The molecule has 1 saturated heterocycles. The van der Waals surface area contributed by atoms with E-state index in [2.05, 4.69) is 5.32 Å². The number of nitrogens with one attached hydrogen (secondary N) is 1. The predicted molar refractivity (Wildman–Crippen MR) is 67.3 cm³/mol. The highest BCUT2D eigenvalue weighted by Crippen LogP contribution is 2.30. The molecule has 1 fully saturated rings. The Morgan fingerprint density at radius 1 is 1.41 bits per heavy atom. The molecule has 1 aromatic rings. The fourth-order valence-corrected chi connectivity index (χ4v) is 2.52. The van der Waals surface area contributed by atoms with Gasteiger partial charge in [-0.3, -0.25) is 0 Å². The number of hydrogen-bond acceptors (Lipinski definition) is 2. The monoisotopic (exact) mass is 257 g/mol. The molecule has 0 spiro atoms. The number of piperidine rings is 1. The van der Waals surface area contributed by atoms with Crippen LogP contribution in [0, 0.1) is 11.7 Å². The van der Waals surface area contributed by atoms with E-state index in [1.54, 1.807) is 12.1 Å². The molecule has 2 rings (SSSR count). The lowest BCUT2D eigenvalue weighted by Crippen LogP contribution is -2.28. The van der Waals surface area contributed by atoms with E-state index >= 15 is 0 Å². The first-order valence-corrected chi connectivity index (χ1v) is 6.31. The average molecular weight is 258 g/mol. The van der Waals surface area contributed by atoms with Gasteiger partial charge in [-0.05, 0) is 50.4 Å². The fraction of sp³-hybridized carbons (Fsp3) is 0.538. The number of ether oxygens (including phenoxy) is 1.